The number of carbonyl (C=O) groups excluding carboxylic acids is 1. The first-order valence-corrected chi connectivity index (χ1v) is 11.4. The zero-order chi connectivity index (χ0) is 21.7. The number of fused-ring (bicyclic) bond motifs is 1. The molecule has 0 saturated heterocycles. The minimum atomic E-state index is -4.35. The number of Topliss-reactive ketones (excluding diaryl/α,β-unsaturated/α-hetero) is 1. The number of ketones is 1. The zero-order valence-corrected chi connectivity index (χ0v) is 17.6. The van der Waals surface area contributed by atoms with Crippen LogP contribution in [0.5, 0.6) is 11.5 Å². The van der Waals surface area contributed by atoms with E-state index in [9.17, 15) is 14.3 Å². The van der Waals surface area contributed by atoms with E-state index in [-0.39, 0.29) is 17.3 Å². The number of hydrogen-bond donors (Lipinski definition) is 1. The lowest BCUT2D eigenvalue weighted by Crippen LogP contribution is -2.01. The van der Waals surface area contributed by atoms with Crippen molar-refractivity contribution in [3.8, 4) is 11.5 Å². The van der Waals surface area contributed by atoms with Crippen molar-refractivity contribution in [2.45, 2.75) is 12.8 Å². The minimum Gasteiger partial charge on any atom is -0.395 e. The Morgan fingerprint density at radius 2 is 1.35 bits per heavy atom. The van der Waals surface area contributed by atoms with Gasteiger partial charge in [0.1, 0.15) is 11.5 Å². The van der Waals surface area contributed by atoms with Crippen LogP contribution in [0.1, 0.15) is 22.3 Å². The SMILES string of the molecule is O=C(CCc1ccc(OP(=O)(O)Oc2ccc3ccccc3c2)cc1)c1ccccc1. The van der Waals surface area contributed by atoms with Crippen LogP contribution >= 0.6 is 7.82 Å². The Kier molecular flexibility index (Phi) is 6.17. The van der Waals surface area contributed by atoms with Gasteiger partial charge >= 0.3 is 7.82 Å². The fourth-order valence-corrected chi connectivity index (χ4v) is 4.06. The van der Waals surface area contributed by atoms with Crippen molar-refractivity contribution in [1.29, 1.82) is 0 Å². The number of carbonyl (C=O) groups is 1. The van der Waals surface area contributed by atoms with Crippen molar-refractivity contribution in [2.75, 3.05) is 0 Å². The van der Waals surface area contributed by atoms with Gasteiger partial charge in [-0.3, -0.25) is 9.69 Å². The molecular formula is C25H21O5P. The molecule has 5 nitrogen and oxygen atoms in total. The van der Waals surface area contributed by atoms with Gasteiger partial charge in [-0.05, 0) is 47.0 Å². The predicted octanol–water partition coefficient (Wildman–Crippen LogP) is 6.21. The van der Waals surface area contributed by atoms with E-state index in [2.05, 4.69) is 0 Å². The Morgan fingerprint density at radius 1 is 0.742 bits per heavy atom. The van der Waals surface area contributed by atoms with Crippen LogP contribution in [0.3, 0.4) is 0 Å². The second kappa shape index (κ2) is 9.17. The van der Waals surface area contributed by atoms with Gasteiger partial charge in [0, 0.05) is 12.0 Å². The van der Waals surface area contributed by atoms with Crippen molar-refractivity contribution in [3.63, 3.8) is 0 Å². The molecule has 0 aliphatic rings. The average Bonchev–Trinajstić information content (AvgIpc) is 2.78. The van der Waals surface area contributed by atoms with Crippen LogP contribution in [-0.4, -0.2) is 10.7 Å². The molecule has 0 fully saturated rings. The molecule has 0 spiro atoms. The summed E-state index contributed by atoms with van der Waals surface area (Å²) in [5.41, 5.74) is 1.62. The number of benzene rings is 4. The molecule has 1 N–H and O–H groups in total. The van der Waals surface area contributed by atoms with Crippen molar-refractivity contribution in [1.82, 2.24) is 0 Å². The molecule has 1 atom stereocenters. The lowest BCUT2D eigenvalue weighted by Gasteiger charge is -2.14. The quantitative estimate of drug-likeness (QED) is 0.265. The summed E-state index contributed by atoms with van der Waals surface area (Å²) in [5.74, 6) is 0.537. The molecule has 0 amide bonds. The molecule has 6 heteroatoms. The summed E-state index contributed by atoms with van der Waals surface area (Å²) in [7, 11) is -4.35. The molecule has 0 bridgehead atoms. The monoisotopic (exact) mass is 432 g/mol. The van der Waals surface area contributed by atoms with E-state index < -0.39 is 7.82 Å². The molecule has 0 saturated carbocycles. The molecule has 0 heterocycles. The van der Waals surface area contributed by atoms with E-state index in [0.29, 0.717) is 18.4 Å². The summed E-state index contributed by atoms with van der Waals surface area (Å²) in [6, 6.07) is 28.7. The fourth-order valence-electron chi connectivity index (χ4n) is 3.25. The number of phosphoric acid groups is 1. The van der Waals surface area contributed by atoms with Crippen LogP contribution < -0.4 is 9.05 Å². The maximum atomic E-state index is 12.4. The highest BCUT2D eigenvalue weighted by molar-refractivity contribution is 7.48. The Bertz CT molecular complexity index is 1240. The van der Waals surface area contributed by atoms with Gasteiger partial charge in [0.15, 0.2) is 5.78 Å². The first-order chi connectivity index (χ1) is 15.0. The molecule has 4 rings (SSSR count). The van der Waals surface area contributed by atoms with Gasteiger partial charge in [-0.2, -0.15) is 0 Å². The van der Waals surface area contributed by atoms with Gasteiger partial charge in [0.2, 0.25) is 0 Å². The highest BCUT2D eigenvalue weighted by Gasteiger charge is 2.25. The Morgan fingerprint density at radius 3 is 2.10 bits per heavy atom. The third-order valence-corrected chi connectivity index (χ3v) is 5.71. The molecule has 1 unspecified atom stereocenters. The molecule has 0 aromatic heterocycles. The van der Waals surface area contributed by atoms with Crippen molar-refractivity contribution >= 4 is 24.4 Å². The van der Waals surface area contributed by atoms with Crippen LogP contribution in [-0.2, 0) is 11.0 Å². The smallest absolute Gasteiger partial charge is 0.395 e. The third kappa shape index (κ3) is 5.60. The lowest BCUT2D eigenvalue weighted by molar-refractivity contribution is 0.0983. The average molecular weight is 432 g/mol. The summed E-state index contributed by atoms with van der Waals surface area (Å²) >= 11 is 0. The molecule has 31 heavy (non-hydrogen) atoms. The van der Waals surface area contributed by atoms with Gasteiger partial charge in [0.25, 0.3) is 0 Å². The standard InChI is InChI=1S/C25H21O5P/c26-25(21-7-2-1-3-8-21)17-12-19-10-14-23(15-11-19)29-31(27,28)30-24-16-13-20-6-4-5-9-22(20)18-24/h1-11,13-16,18H,12,17H2,(H,27,28). The summed E-state index contributed by atoms with van der Waals surface area (Å²) in [4.78, 5) is 22.3. The number of hydrogen-bond acceptors (Lipinski definition) is 4. The molecular weight excluding hydrogens is 411 g/mol. The Hall–Kier alpha value is -3.40. The minimum absolute atomic E-state index is 0.0737. The lowest BCUT2D eigenvalue weighted by atomic mass is 10.0. The highest BCUT2D eigenvalue weighted by atomic mass is 31.2. The van der Waals surface area contributed by atoms with E-state index in [1.54, 1.807) is 48.5 Å². The van der Waals surface area contributed by atoms with E-state index in [4.69, 9.17) is 9.05 Å². The topological polar surface area (TPSA) is 72.8 Å². The molecule has 0 radical (unpaired) electrons. The second-order valence-electron chi connectivity index (χ2n) is 7.09. The van der Waals surface area contributed by atoms with Crippen LogP contribution in [0.4, 0.5) is 0 Å². The summed E-state index contributed by atoms with van der Waals surface area (Å²) in [6.07, 6.45) is 0.951. The largest absolute Gasteiger partial charge is 0.584 e. The maximum Gasteiger partial charge on any atom is 0.584 e. The third-order valence-electron chi connectivity index (χ3n) is 4.82. The summed E-state index contributed by atoms with van der Waals surface area (Å²) in [6.45, 7) is 0. The van der Waals surface area contributed by atoms with Gasteiger partial charge in [0.05, 0.1) is 0 Å². The van der Waals surface area contributed by atoms with Crippen LogP contribution in [0.2, 0.25) is 0 Å². The Labute approximate surface area is 180 Å². The normalized spacial score (nSPS) is 12.8. The van der Waals surface area contributed by atoms with Gasteiger partial charge in [-0.25, -0.2) is 4.57 Å². The van der Waals surface area contributed by atoms with E-state index >= 15 is 0 Å². The van der Waals surface area contributed by atoms with Crippen LogP contribution in [0.15, 0.2) is 97.1 Å². The zero-order valence-electron chi connectivity index (χ0n) is 16.7. The number of aryl methyl sites for hydroxylation is 1. The summed E-state index contributed by atoms with van der Waals surface area (Å²) < 4.78 is 22.8. The fraction of sp³-hybridized carbons (Fsp3) is 0.0800. The van der Waals surface area contributed by atoms with Crippen LogP contribution in [0.25, 0.3) is 10.8 Å². The Balaban J connectivity index is 1.36. The van der Waals surface area contributed by atoms with E-state index in [1.165, 1.54) is 0 Å². The van der Waals surface area contributed by atoms with Gasteiger partial charge < -0.3 is 9.05 Å². The van der Waals surface area contributed by atoms with E-state index in [0.717, 1.165) is 16.3 Å². The predicted molar refractivity (Wildman–Crippen MR) is 121 cm³/mol. The number of rotatable bonds is 8. The van der Waals surface area contributed by atoms with Crippen LogP contribution in [0, 0.1) is 0 Å². The molecule has 156 valence electrons. The van der Waals surface area contributed by atoms with E-state index in [1.807, 2.05) is 48.5 Å². The first kappa shape index (κ1) is 20.9. The highest BCUT2D eigenvalue weighted by Crippen LogP contribution is 2.44. The van der Waals surface area contributed by atoms with Gasteiger partial charge in [-0.1, -0.05) is 72.8 Å². The van der Waals surface area contributed by atoms with Crippen molar-refractivity contribution < 1.29 is 23.3 Å². The van der Waals surface area contributed by atoms with Gasteiger partial charge in [-0.15, -0.1) is 0 Å². The number of phosphoric ester groups is 1. The summed E-state index contributed by atoms with van der Waals surface area (Å²) in [5, 5.41) is 1.90. The second-order valence-corrected chi connectivity index (χ2v) is 8.40. The van der Waals surface area contributed by atoms with Crippen molar-refractivity contribution in [3.05, 3.63) is 108 Å². The first-order valence-electron chi connectivity index (χ1n) is 9.86. The molecule has 0 aliphatic heterocycles. The molecule has 0 aliphatic carbocycles. The molecule has 4 aromatic rings. The maximum absolute atomic E-state index is 12.4. The molecule has 4 aromatic carbocycles. The van der Waals surface area contributed by atoms with Crippen molar-refractivity contribution in [2.24, 2.45) is 0 Å².